The number of aromatic nitrogens is 1. The molecule has 2 rings (SSSR count). The molecular formula is C15H18BrN3. The lowest BCUT2D eigenvalue weighted by molar-refractivity contribution is 0.872. The number of nitrogens with zero attached hydrogens (tertiary/aromatic N) is 2. The van der Waals surface area contributed by atoms with Gasteiger partial charge in [0, 0.05) is 37.0 Å². The quantitative estimate of drug-likeness (QED) is 0.921. The minimum Gasteiger partial charge on any atom is -0.373 e. The van der Waals surface area contributed by atoms with Crippen molar-refractivity contribution in [2.24, 2.45) is 5.73 Å². The van der Waals surface area contributed by atoms with Crippen molar-refractivity contribution in [3.63, 3.8) is 0 Å². The van der Waals surface area contributed by atoms with Gasteiger partial charge in [-0.05, 0) is 57.7 Å². The van der Waals surface area contributed by atoms with Gasteiger partial charge in [0.05, 0.1) is 5.69 Å². The van der Waals surface area contributed by atoms with Crippen LogP contribution >= 0.6 is 15.9 Å². The summed E-state index contributed by atoms with van der Waals surface area (Å²) in [6.07, 6.45) is 4.67. The molecule has 0 aliphatic carbocycles. The molecule has 0 aliphatic rings. The number of halogens is 1. The van der Waals surface area contributed by atoms with Gasteiger partial charge in [0.15, 0.2) is 0 Å². The maximum Gasteiger partial charge on any atom is 0.0508 e. The summed E-state index contributed by atoms with van der Waals surface area (Å²) in [5, 5.41) is 0. The molecule has 2 N–H and O–H groups in total. The largest absolute Gasteiger partial charge is 0.373 e. The summed E-state index contributed by atoms with van der Waals surface area (Å²) >= 11 is 3.61. The number of likely N-dealkylation sites (N-methyl/N-ethyl adjacent to an activating group) is 1. The molecule has 1 heterocycles. The van der Waals surface area contributed by atoms with Crippen LogP contribution < -0.4 is 10.6 Å². The highest BCUT2D eigenvalue weighted by Crippen LogP contribution is 2.26. The molecule has 2 aromatic rings. The lowest BCUT2D eigenvalue weighted by Crippen LogP contribution is -2.20. The van der Waals surface area contributed by atoms with Crippen molar-refractivity contribution < 1.29 is 0 Å². The van der Waals surface area contributed by atoms with E-state index in [4.69, 9.17) is 5.73 Å². The standard InChI is InChI=1S/C15H18BrN3/c1-19(9-6-12-4-7-18-8-5-12)15-3-2-13(11-17)10-14(15)16/h2-5,7-8,10H,6,9,11,17H2,1H3. The van der Waals surface area contributed by atoms with E-state index < -0.39 is 0 Å². The number of benzene rings is 1. The maximum atomic E-state index is 5.64. The molecule has 0 saturated carbocycles. The Morgan fingerprint density at radius 1 is 1.16 bits per heavy atom. The predicted octanol–water partition coefficient (Wildman–Crippen LogP) is 2.98. The van der Waals surface area contributed by atoms with Gasteiger partial charge in [-0.1, -0.05) is 6.07 Å². The molecular weight excluding hydrogens is 302 g/mol. The number of pyridine rings is 1. The van der Waals surface area contributed by atoms with E-state index in [2.05, 4.69) is 63.2 Å². The molecule has 1 aromatic heterocycles. The number of hydrogen-bond acceptors (Lipinski definition) is 3. The lowest BCUT2D eigenvalue weighted by atomic mass is 10.1. The Balaban J connectivity index is 2.02. The highest BCUT2D eigenvalue weighted by atomic mass is 79.9. The first kappa shape index (κ1) is 14.0. The zero-order valence-electron chi connectivity index (χ0n) is 11.0. The SMILES string of the molecule is CN(CCc1ccncc1)c1ccc(CN)cc1Br. The average molecular weight is 320 g/mol. The van der Waals surface area contributed by atoms with E-state index in [9.17, 15) is 0 Å². The number of anilines is 1. The van der Waals surface area contributed by atoms with E-state index >= 15 is 0 Å². The van der Waals surface area contributed by atoms with Crippen LogP contribution in [-0.4, -0.2) is 18.6 Å². The van der Waals surface area contributed by atoms with Gasteiger partial charge in [-0.3, -0.25) is 4.98 Å². The van der Waals surface area contributed by atoms with E-state index in [1.165, 1.54) is 11.3 Å². The smallest absolute Gasteiger partial charge is 0.0508 e. The molecule has 3 nitrogen and oxygen atoms in total. The fourth-order valence-corrected chi connectivity index (χ4v) is 2.68. The molecule has 4 heteroatoms. The van der Waals surface area contributed by atoms with Gasteiger partial charge in [0.2, 0.25) is 0 Å². The van der Waals surface area contributed by atoms with Crippen molar-refractivity contribution in [2.75, 3.05) is 18.5 Å². The third-order valence-electron chi connectivity index (χ3n) is 3.14. The van der Waals surface area contributed by atoms with Gasteiger partial charge in [-0.2, -0.15) is 0 Å². The molecule has 0 unspecified atom stereocenters. The van der Waals surface area contributed by atoms with Crippen LogP contribution in [0.15, 0.2) is 47.2 Å². The lowest BCUT2D eigenvalue weighted by Gasteiger charge is -2.21. The van der Waals surface area contributed by atoms with Crippen LogP contribution in [-0.2, 0) is 13.0 Å². The third kappa shape index (κ3) is 3.78. The van der Waals surface area contributed by atoms with Gasteiger partial charge in [-0.15, -0.1) is 0 Å². The van der Waals surface area contributed by atoms with Gasteiger partial charge in [0.1, 0.15) is 0 Å². The fraction of sp³-hybridized carbons (Fsp3) is 0.267. The fourth-order valence-electron chi connectivity index (χ4n) is 1.95. The van der Waals surface area contributed by atoms with Crippen molar-refractivity contribution in [1.82, 2.24) is 4.98 Å². The molecule has 1 aromatic carbocycles. The van der Waals surface area contributed by atoms with Crippen molar-refractivity contribution in [3.8, 4) is 0 Å². The molecule has 0 fully saturated rings. The second-order valence-corrected chi connectivity index (χ2v) is 5.37. The van der Waals surface area contributed by atoms with Crippen LogP contribution in [0.3, 0.4) is 0 Å². The summed E-state index contributed by atoms with van der Waals surface area (Å²) in [7, 11) is 2.10. The van der Waals surface area contributed by atoms with E-state index in [0.29, 0.717) is 6.54 Å². The molecule has 100 valence electrons. The molecule has 0 aliphatic heterocycles. The monoisotopic (exact) mass is 319 g/mol. The summed E-state index contributed by atoms with van der Waals surface area (Å²) < 4.78 is 1.09. The first-order valence-electron chi connectivity index (χ1n) is 6.29. The Morgan fingerprint density at radius 3 is 2.53 bits per heavy atom. The first-order chi connectivity index (χ1) is 9.20. The molecule has 0 amide bonds. The normalized spacial score (nSPS) is 10.5. The minimum absolute atomic E-state index is 0.569. The predicted molar refractivity (Wildman–Crippen MR) is 83.2 cm³/mol. The van der Waals surface area contributed by atoms with Crippen LogP contribution in [0.5, 0.6) is 0 Å². The minimum atomic E-state index is 0.569. The Kier molecular flexibility index (Phi) is 4.93. The zero-order valence-corrected chi connectivity index (χ0v) is 12.6. The van der Waals surface area contributed by atoms with E-state index in [-0.39, 0.29) is 0 Å². The van der Waals surface area contributed by atoms with Crippen LogP contribution in [0.25, 0.3) is 0 Å². The molecule has 0 atom stereocenters. The number of nitrogens with two attached hydrogens (primary N) is 1. The maximum absolute atomic E-state index is 5.64. The number of rotatable bonds is 5. The van der Waals surface area contributed by atoms with E-state index in [1.54, 1.807) is 0 Å². The Bertz CT molecular complexity index is 528. The van der Waals surface area contributed by atoms with Crippen LogP contribution in [0.1, 0.15) is 11.1 Å². The Labute approximate surface area is 122 Å². The molecule has 0 spiro atoms. The molecule has 0 bridgehead atoms. The van der Waals surface area contributed by atoms with Crippen molar-refractivity contribution in [1.29, 1.82) is 0 Å². The van der Waals surface area contributed by atoms with Crippen LogP contribution in [0.4, 0.5) is 5.69 Å². The van der Waals surface area contributed by atoms with Gasteiger partial charge >= 0.3 is 0 Å². The second-order valence-electron chi connectivity index (χ2n) is 4.52. The molecule has 0 radical (unpaired) electrons. The summed E-state index contributed by atoms with van der Waals surface area (Å²) in [5.74, 6) is 0. The summed E-state index contributed by atoms with van der Waals surface area (Å²) in [5.41, 5.74) is 9.27. The van der Waals surface area contributed by atoms with Crippen LogP contribution in [0.2, 0.25) is 0 Å². The van der Waals surface area contributed by atoms with Crippen molar-refractivity contribution in [3.05, 3.63) is 58.3 Å². The summed E-state index contributed by atoms with van der Waals surface area (Å²) in [6, 6.07) is 10.4. The van der Waals surface area contributed by atoms with Crippen LogP contribution in [0, 0.1) is 0 Å². The summed E-state index contributed by atoms with van der Waals surface area (Å²) in [4.78, 5) is 6.27. The van der Waals surface area contributed by atoms with E-state index in [1.807, 2.05) is 12.4 Å². The Morgan fingerprint density at radius 2 is 1.89 bits per heavy atom. The van der Waals surface area contributed by atoms with E-state index in [0.717, 1.165) is 23.0 Å². The average Bonchev–Trinajstić information content (AvgIpc) is 2.45. The number of hydrogen-bond donors (Lipinski definition) is 1. The van der Waals surface area contributed by atoms with Crippen molar-refractivity contribution >= 4 is 21.6 Å². The highest BCUT2D eigenvalue weighted by Gasteiger charge is 2.06. The molecule has 19 heavy (non-hydrogen) atoms. The summed E-state index contributed by atoms with van der Waals surface area (Å²) in [6.45, 7) is 1.53. The highest BCUT2D eigenvalue weighted by molar-refractivity contribution is 9.10. The second kappa shape index (κ2) is 6.68. The first-order valence-corrected chi connectivity index (χ1v) is 7.08. The van der Waals surface area contributed by atoms with Gasteiger partial charge in [0.25, 0.3) is 0 Å². The Hall–Kier alpha value is -1.39. The molecule has 0 saturated heterocycles. The van der Waals surface area contributed by atoms with Gasteiger partial charge < -0.3 is 10.6 Å². The van der Waals surface area contributed by atoms with Crippen molar-refractivity contribution in [2.45, 2.75) is 13.0 Å². The third-order valence-corrected chi connectivity index (χ3v) is 3.78. The topological polar surface area (TPSA) is 42.2 Å². The van der Waals surface area contributed by atoms with Gasteiger partial charge in [-0.25, -0.2) is 0 Å². The zero-order chi connectivity index (χ0) is 13.7.